The Balaban J connectivity index is 1.41. The van der Waals surface area contributed by atoms with Crippen LogP contribution in [0.3, 0.4) is 0 Å². The number of carbonyl (C=O) groups is 1. The van der Waals surface area contributed by atoms with E-state index in [0.717, 1.165) is 60.9 Å². The van der Waals surface area contributed by atoms with Crippen LogP contribution in [0.2, 0.25) is 0 Å². The van der Waals surface area contributed by atoms with E-state index in [1.54, 1.807) is 12.1 Å². The van der Waals surface area contributed by atoms with Crippen molar-refractivity contribution in [2.75, 3.05) is 18.5 Å². The zero-order chi connectivity index (χ0) is 25.5. The van der Waals surface area contributed by atoms with Gasteiger partial charge in [-0.25, -0.2) is 4.98 Å². The monoisotopic (exact) mass is 513 g/mol. The highest BCUT2D eigenvalue weighted by atomic mass is 32.2. The molecule has 0 radical (unpaired) electrons. The predicted octanol–water partition coefficient (Wildman–Crippen LogP) is 4.32. The van der Waals surface area contributed by atoms with Crippen LogP contribution in [-0.2, 0) is 31.5 Å². The molecule has 1 saturated heterocycles. The fraction of sp³-hybridized carbons (Fsp3) is 0.577. The molecule has 194 valence electrons. The molecule has 2 aromatic heterocycles. The molecule has 1 saturated carbocycles. The van der Waals surface area contributed by atoms with Crippen LogP contribution in [0.15, 0.2) is 35.4 Å². The maximum Gasteiger partial charge on any atom is 0.283 e. The van der Waals surface area contributed by atoms with Gasteiger partial charge in [0.2, 0.25) is 5.91 Å². The Bertz CT molecular complexity index is 1360. The molecule has 36 heavy (non-hydrogen) atoms. The van der Waals surface area contributed by atoms with Crippen LogP contribution in [0.5, 0.6) is 0 Å². The molecule has 1 N–H and O–H groups in total. The minimum absolute atomic E-state index is 0.113. The number of amides is 1. The quantitative estimate of drug-likeness (QED) is 0.504. The van der Waals surface area contributed by atoms with Crippen molar-refractivity contribution in [2.24, 2.45) is 11.8 Å². The second kappa shape index (κ2) is 9.63. The summed E-state index contributed by atoms with van der Waals surface area (Å²) in [6.45, 7) is 8.75. The first kappa shape index (κ1) is 25.0. The second-order valence-corrected chi connectivity index (χ2v) is 12.9. The lowest BCUT2D eigenvalue weighted by molar-refractivity contribution is -0.117. The summed E-state index contributed by atoms with van der Waals surface area (Å²) in [4.78, 5) is 17.2. The first-order chi connectivity index (χ1) is 17.1. The lowest BCUT2D eigenvalue weighted by atomic mass is 9.83. The Morgan fingerprint density at radius 3 is 2.53 bits per heavy atom. The number of benzene rings is 1. The molecule has 1 aliphatic heterocycles. The first-order valence-electron chi connectivity index (χ1n) is 12.8. The van der Waals surface area contributed by atoms with E-state index < -0.39 is 10.0 Å². The standard InChI is InChI=1S/C26H35N5O4S/c1-26(2,3)25-27-21-16-20(7-8-22(21)30(25)17-19-10-13-35-14-11-19)36(33,34)31-12-9-23(29-31)28-24(32)15-18-5-4-6-18/h7-9,12,16,18-19H,4-6,10-11,13-15,17H2,1-3H3,(H,28,29,32). The molecule has 0 bridgehead atoms. The van der Waals surface area contributed by atoms with E-state index >= 15 is 0 Å². The summed E-state index contributed by atoms with van der Waals surface area (Å²) < 4.78 is 35.4. The van der Waals surface area contributed by atoms with E-state index in [2.05, 4.69) is 35.8 Å². The number of hydrogen-bond acceptors (Lipinski definition) is 6. The van der Waals surface area contributed by atoms with Gasteiger partial charge < -0.3 is 14.6 Å². The van der Waals surface area contributed by atoms with E-state index in [1.165, 1.54) is 18.7 Å². The highest BCUT2D eigenvalue weighted by Crippen LogP contribution is 2.31. The highest BCUT2D eigenvalue weighted by Gasteiger charge is 2.27. The number of imidazole rings is 1. The third-order valence-electron chi connectivity index (χ3n) is 7.25. The second-order valence-electron chi connectivity index (χ2n) is 11.1. The van der Waals surface area contributed by atoms with Crippen molar-refractivity contribution < 1.29 is 17.9 Å². The SMILES string of the molecule is CC(C)(C)c1nc2cc(S(=O)(=O)n3ccc(NC(=O)CC4CCC4)n3)ccc2n1CC1CCOCC1. The summed E-state index contributed by atoms with van der Waals surface area (Å²) in [6.07, 6.45) is 7.13. The van der Waals surface area contributed by atoms with Gasteiger partial charge in [0.15, 0.2) is 5.82 Å². The van der Waals surface area contributed by atoms with Crippen LogP contribution in [0.1, 0.15) is 65.1 Å². The number of hydrogen-bond donors (Lipinski definition) is 1. The Morgan fingerprint density at radius 1 is 1.11 bits per heavy atom. The fourth-order valence-electron chi connectivity index (χ4n) is 4.98. The first-order valence-corrected chi connectivity index (χ1v) is 14.2. The molecule has 2 aliphatic rings. The molecular formula is C26H35N5O4S. The Kier molecular flexibility index (Phi) is 6.67. The molecule has 2 fully saturated rings. The molecule has 0 spiro atoms. The van der Waals surface area contributed by atoms with Crippen molar-refractivity contribution >= 4 is 32.8 Å². The maximum absolute atomic E-state index is 13.4. The summed E-state index contributed by atoms with van der Waals surface area (Å²) in [5, 5.41) is 6.85. The summed E-state index contributed by atoms with van der Waals surface area (Å²) in [5.74, 6) is 1.97. The van der Waals surface area contributed by atoms with Gasteiger partial charge in [0.25, 0.3) is 10.0 Å². The largest absolute Gasteiger partial charge is 0.381 e. The number of fused-ring (bicyclic) bond motifs is 1. The zero-order valence-corrected chi connectivity index (χ0v) is 22.1. The van der Waals surface area contributed by atoms with Crippen LogP contribution in [0.25, 0.3) is 11.0 Å². The maximum atomic E-state index is 13.4. The average Bonchev–Trinajstić information content (AvgIpc) is 3.42. The van der Waals surface area contributed by atoms with Crippen molar-refractivity contribution in [2.45, 2.75) is 76.2 Å². The number of nitrogens with one attached hydrogen (secondary N) is 1. The van der Waals surface area contributed by atoms with Gasteiger partial charge in [-0.1, -0.05) is 27.2 Å². The third-order valence-corrected chi connectivity index (χ3v) is 8.79. The van der Waals surface area contributed by atoms with Gasteiger partial charge in [-0.15, -0.1) is 5.10 Å². The molecule has 0 unspecified atom stereocenters. The Hall–Kier alpha value is -2.72. The van der Waals surface area contributed by atoms with Crippen molar-refractivity contribution in [1.29, 1.82) is 0 Å². The molecule has 1 aromatic carbocycles. The fourth-order valence-corrected chi connectivity index (χ4v) is 6.12. The van der Waals surface area contributed by atoms with Gasteiger partial charge in [0.1, 0.15) is 5.82 Å². The number of carbonyl (C=O) groups excluding carboxylic acids is 1. The van der Waals surface area contributed by atoms with Crippen molar-refractivity contribution in [3.05, 3.63) is 36.3 Å². The van der Waals surface area contributed by atoms with Gasteiger partial charge in [0.05, 0.1) is 15.9 Å². The van der Waals surface area contributed by atoms with E-state index in [9.17, 15) is 13.2 Å². The molecule has 1 amide bonds. The van der Waals surface area contributed by atoms with Crippen molar-refractivity contribution in [3.63, 3.8) is 0 Å². The van der Waals surface area contributed by atoms with Gasteiger partial charge in [-0.05, 0) is 55.7 Å². The third kappa shape index (κ3) is 5.06. The van der Waals surface area contributed by atoms with Crippen LogP contribution >= 0.6 is 0 Å². The molecule has 3 heterocycles. The smallest absolute Gasteiger partial charge is 0.283 e. The molecule has 9 nitrogen and oxygen atoms in total. The number of aromatic nitrogens is 4. The minimum Gasteiger partial charge on any atom is -0.381 e. The summed E-state index contributed by atoms with van der Waals surface area (Å²) in [5.41, 5.74) is 1.38. The highest BCUT2D eigenvalue weighted by molar-refractivity contribution is 7.89. The number of nitrogens with zero attached hydrogens (tertiary/aromatic N) is 4. The lowest BCUT2D eigenvalue weighted by Gasteiger charge is -2.26. The molecule has 10 heteroatoms. The topological polar surface area (TPSA) is 108 Å². The Morgan fingerprint density at radius 2 is 1.86 bits per heavy atom. The van der Waals surface area contributed by atoms with E-state index in [1.807, 2.05) is 6.07 Å². The zero-order valence-electron chi connectivity index (χ0n) is 21.2. The van der Waals surface area contributed by atoms with Crippen LogP contribution in [0.4, 0.5) is 5.82 Å². The molecule has 0 atom stereocenters. The number of anilines is 1. The summed E-state index contributed by atoms with van der Waals surface area (Å²) >= 11 is 0. The van der Waals surface area contributed by atoms with Gasteiger partial charge in [-0.3, -0.25) is 4.79 Å². The van der Waals surface area contributed by atoms with Gasteiger partial charge >= 0.3 is 0 Å². The van der Waals surface area contributed by atoms with Crippen LogP contribution in [-0.4, -0.2) is 46.3 Å². The number of ether oxygens (including phenoxy) is 1. The number of rotatable bonds is 7. The van der Waals surface area contributed by atoms with E-state index in [-0.39, 0.29) is 22.0 Å². The normalized spacial score (nSPS) is 17.9. The average molecular weight is 514 g/mol. The summed E-state index contributed by atoms with van der Waals surface area (Å²) in [7, 11) is -3.94. The Labute approximate surface area is 212 Å². The van der Waals surface area contributed by atoms with E-state index in [4.69, 9.17) is 9.72 Å². The van der Waals surface area contributed by atoms with Gasteiger partial charge in [-0.2, -0.15) is 12.5 Å². The lowest BCUT2D eigenvalue weighted by Crippen LogP contribution is -2.25. The van der Waals surface area contributed by atoms with E-state index in [0.29, 0.717) is 23.8 Å². The molecule has 3 aromatic rings. The minimum atomic E-state index is -3.94. The van der Waals surface area contributed by atoms with Crippen LogP contribution < -0.4 is 5.32 Å². The van der Waals surface area contributed by atoms with Crippen molar-refractivity contribution in [1.82, 2.24) is 18.7 Å². The van der Waals surface area contributed by atoms with Crippen LogP contribution in [0, 0.1) is 11.8 Å². The molecule has 1 aliphatic carbocycles. The molecular weight excluding hydrogens is 478 g/mol. The van der Waals surface area contributed by atoms with Gasteiger partial charge in [0, 0.05) is 43.9 Å². The van der Waals surface area contributed by atoms with Crippen molar-refractivity contribution in [3.8, 4) is 0 Å². The molecule has 5 rings (SSSR count). The summed E-state index contributed by atoms with van der Waals surface area (Å²) in [6, 6.07) is 6.59. The predicted molar refractivity (Wildman–Crippen MR) is 137 cm³/mol.